The Balaban J connectivity index is 2.56. The Bertz CT molecular complexity index is 870. The molecule has 0 atom stereocenters. The molecule has 5 nitrogen and oxygen atoms in total. The minimum absolute atomic E-state index is 0.126. The molecular formula is C18H17N3O2. The average Bonchev–Trinajstić information content (AvgIpc) is 2.57. The number of benzene rings is 1. The summed E-state index contributed by atoms with van der Waals surface area (Å²) in [6.45, 7) is 6.34. The van der Waals surface area contributed by atoms with Crippen molar-refractivity contribution in [3.8, 4) is 6.07 Å². The lowest BCUT2D eigenvalue weighted by molar-refractivity contribution is -0.138. The molecule has 0 aliphatic carbocycles. The van der Waals surface area contributed by atoms with Gasteiger partial charge in [0.1, 0.15) is 6.07 Å². The van der Waals surface area contributed by atoms with Crippen molar-refractivity contribution < 1.29 is 9.53 Å². The van der Waals surface area contributed by atoms with Gasteiger partial charge in [0.25, 0.3) is 0 Å². The lowest BCUT2D eigenvalue weighted by Gasteiger charge is -2.08. The summed E-state index contributed by atoms with van der Waals surface area (Å²) in [4.78, 5) is 15.9. The van der Waals surface area contributed by atoms with Gasteiger partial charge in [0.15, 0.2) is 5.57 Å². The number of carbonyl (C=O) groups excluding carboxylic acids is 1. The SMILES string of the molecule is C=CCn1ccc(=N/C=C(/C#N)C(=O)OCC)c2ccccc21. The maximum atomic E-state index is 11.6. The molecular weight excluding hydrogens is 290 g/mol. The van der Waals surface area contributed by atoms with E-state index in [4.69, 9.17) is 10.00 Å². The first-order chi connectivity index (χ1) is 11.2. The number of hydrogen-bond acceptors (Lipinski definition) is 4. The van der Waals surface area contributed by atoms with Crippen LogP contribution in [0.4, 0.5) is 0 Å². The Kier molecular flexibility index (Phi) is 5.48. The summed E-state index contributed by atoms with van der Waals surface area (Å²) in [6.07, 6.45) is 4.96. The quantitative estimate of drug-likeness (QED) is 0.369. The van der Waals surface area contributed by atoms with Crippen molar-refractivity contribution in [2.75, 3.05) is 6.61 Å². The molecule has 0 N–H and O–H groups in total. The third-order valence-corrected chi connectivity index (χ3v) is 3.18. The van der Waals surface area contributed by atoms with Crippen LogP contribution in [0.1, 0.15) is 6.92 Å². The zero-order valence-electron chi connectivity index (χ0n) is 12.9. The van der Waals surface area contributed by atoms with Crippen LogP contribution in [0.2, 0.25) is 0 Å². The Labute approximate surface area is 134 Å². The number of nitriles is 1. The Morgan fingerprint density at radius 3 is 2.91 bits per heavy atom. The van der Waals surface area contributed by atoms with Gasteiger partial charge in [0, 0.05) is 18.1 Å². The third kappa shape index (κ3) is 3.74. The number of fused-ring (bicyclic) bond motifs is 1. The molecule has 0 saturated heterocycles. The molecule has 0 fully saturated rings. The predicted octanol–water partition coefficient (Wildman–Crippen LogP) is 2.70. The van der Waals surface area contributed by atoms with Gasteiger partial charge in [0.05, 0.1) is 23.7 Å². The molecule has 0 unspecified atom stereocenters. The molecule has 0 spiro atoms. The molecule has 0 aliphatic rings. The average molecular weight is 307 g/mol. The highest BCUT2D eigenvalue weighted by atomic mass is 16.5. The fraction of sp³-hybridized carbons (Fsp3) is 0.167. The van der Waals surface area contributed by atoms with Crippen molar-refractivity contribution in [2.24, 2.45) is 4.99 Å². The second kappa shape index (κ2) is 7.76. The van der Waals surface area contributed by atoms with Crippen LogP contribution < -0.4 is 5.36 Å². The Morgan fingerprint density at radius 1 is 1.43 bits per heavy atom. The number of rotatable bonds is 5. The largest absolute Gasteiger partial charge is 0.462 e. The maximum Gasteiger partial charge on any atom is 0.350 e. The first kappa shape index (κ1) is 16.2. The van der Waals surface area contributed by atoms with Crippen molar-refractivity contribution in [3.63, 3.8) is 0 Å². The van der Waals surface area contributed by atoms with Gasteiger partial charge in [-0.05, 0) is 19.1 Å². The van der Waals surface area contributed by atoms with Crippen molar-refractivity contribution in [1.82, 2.24) is 4.57 Å². The van der Waals surface area contributed by atoms with Gasteiger partial charge < -0.3 is 9.30 Å². The standard InChI is InChI=1S/C18H17N3O2/c1-3-10-21-11-9-16(15-7-5-6-8-17(15)21)20-13-14(12-19)18(22)23-4-2/h3,5-9,11,13H,1,4,10H2,2H3/b14-13-,20-16?. The molecule has 5 heteroatoms. The van der Waals surface area contributed by atoms with Crippen LogP contribution in [0, 0.1) is 11.3 Å². The van der Waals surface area contributed by atoms with Gasteiger partial charge in [-0.1, -0.05) is 24.3 Å². The molecule has 0 radical (unpaired) electrons. The second-order valence-corrected chi connectivity index (χ2v) is 4.66. The monoisotopic (exact) mass is 307 g/mol. The van der Waals surface area contributed by atoms with Crippen LogP contribution in [0.15, 0.2) is 65.9 Å². The lowest BCUT2D eigenvalue weighted by Crippen LogP contribution is -2.09. The maximum absolute atomic E-state index is 11.6. The van der Waals surface area contributed by atoms with Crippen molar-refractivity contribution in [2.45, 2.75) is 13.5 Å². The number of hydrogen-bond donors (Lipinski definition) is 0. The molecule has 1 heterocycles. The summed E-state index contributed by atoms with van der Waals surface area (Å²) in [7, 11) is 0. The van der Waals surface area contributed by atoms with Crippen LogP contribution in [0.3, 0.4) is 0 Å². The predicted molar refractivity (Wildman–Crippen MR) is 88.0 cm³/mol. The van der Waals surface area contributed by atoms with Crippen LogP contribution in [-0.4, -0.2) is 17.1 Å². The van der Waals surface area contributed by atoms with Crippen molar-refractivity contribution in [1.29, 1.82) is 5.26 Å². The van der Waals surface area contributed by atoms with Gasteiger partial charge in [-0.25, -0.2) is 4.79 Å². The highest BCUT2D eigenvalue weighted by Crippen LogP contribution is 2.09. The van der Waals surface area contributed by atoms with Gasteiger partial charge in [-0.15, -0.1) is 6.58 Å². The molecule has 116 valence electrons. The molecule has 23 heavy (non-hydrogen) atoms. The normalized spacial score (nSPS) is 12.0. The number of aromatic nitrogens is 1. The number of nitrogens with zero attached hydrogens (tertiary/aromatic N) is 3. The van der Waals surface area contributed by atoms with E-state index >= 15 is 0 Å². The molecule has 0 bridgehead atoms. The summed E-state index contributed by atoms with van der Waals surface area (Å²) >= 11 is 0. The number of esters is 1. The number of para-hydroxylation sites is 1. The van der Waals surface area contributed by atoms with E-state index in [-0.39, 0.29) is 12.2 Å². The van der Waals surface area contributed by atoms with Crippen molar-refractivity contribution >= 4 is 16.9 Å². The van der Waals surface area contributed by atoms with Crippen LogP contribution >= 0.6 is 0 Å². The fourth-order valence-corrected chi connectivity index (χ4v) is 2.15. The Hall–Kier alpha value is -3.13. The van der Waals surface area contributed by atoms with E-state index in [0.717, 1.165) is 10.9 Å². The summed E-state index contributed by atoms with van der Waals surface area (Å²) in [5.74, 6) is -0.666. The fourth-order valence-electron chi connectivity index (χ4n) is 2.15. The lowest BCUT2D eigenvalue weighted by atomic mass is 10.2. The minimum atomic E-state index is -0.666. The molecule has 0 aliphatic heterocycles. The third-order valence-electron chi connectivity index (χ3n) is 3.18. The molecule has 2 aromatic rings. The van der Waals surface area contributed by atoms with Crippen LogP contribution in [0.25, 0.3) is 10.9 Å². The van der Waals surface area contributed by atoms with E-state index in [1.54, 1.807) is 6.92 Å². The van der Waals surface area contributed by atoms with Gasteiger partial charge in [0.2, 0.25) is 0 Å². The summed E-state index contributed by atoms with van der Waals surface area (Å²) in [5, 5.41) is 10.6. The van der Waals surface area contributed by atoms with Crippen LogP contribution in [-0.2, 0) is 16.1 Å². The Morgan fingerprint density at radius 2 is 2.22 bits per heavy atom. The minimum Gasteiger partial charge on any atom is -0.462 e. The summed E-state index contributed by atoms with van der Waals surface area (Å²) in [5.41, 5.74) is 0.871. The molecule has 0 saturated carbocycles. The van der Waals surface area contributed by atoms with Gasteiger partial charge in [-0.3, -0.25) is 4.99 Å². The number of allylic oxidation sites excluding steroid dienone is 1. The summed E-state index contributed by atoms with van der Waals surface area (Å²) < 4.78 is 6.86. The van der Waals surface area contributed by atoms with E-state index in [1.807, 2.05) is 53.2 Å². The first-order valence-electron chi connectivity index (χ1n) is 7.21. The summed E-state index contributed by atoms with van der Waals surface area (Å²) in [6, 6.07) is 11.4. The highest BCUT2D eigenvalue weighted by molar-refractivity contribution is 5.92. The molecule has 2 rings (SSSR count). The topological polar surface area (TPSA) is 67.4 Å². The number of pyridine rings is 1. The van der Waals surface area contributed by atoms with E-state index in [0.29, 0.717) is 11.9 Å². The van der Waals surface area contributed by atoms with E-state index in [1.165, 1.54) is 6.20 Å². The first-order valence-corrected chi connectivity index (χ1v) is 7.21. The van der Waals surface area contributed by atoms with Gasteiger partial charge >= 0.3 is 5.97 Å². The van der Waals surface area contributed by atoms with E-state index in [2.05, 4.69) is 11.6 Å². The second-order valence-electron chi connectivity index (χ2n) is 4.66. The number of carbonyl (C=O) groups is 1. The zero-order chi connectivity index (χ0) is 16.7. The van der Waals surface area contributed by atoms with Crippen LogP contribution in [0.5, 0.6) is 0 Å². The van der Waals surface area contributed by atoms with Gasteiger partial charge in [-0.2, -0.15) is 5.26 Å². The molecule has 0 amide bonds. The van der Waals surface area contributed by atoms with E-state index < -0.39 is 5.97 Å². The highest BCUT2D eigenvalue weighted by Gasteiger charge is 2.08. The zero-order valence-corrected chi connectivity index (χ0v) is 12.9. The molecule has 1 aromatic heterocycles. The molecule has 1 aromatic carbocycles. The van der Waals surface area contributed by atoms with E-state index in [9.17, 15) is 4.79 Å². The number of ether oxygens (including phenoxy) is 1. The smallest absolute Gasteiger partial charge is 0.350 e. The van der Waals surface area contributed by atoms with Crippen molar-refractivity contribution in [3.05, 3.63) is 66.3 Å².